The summed E-state index contributed by atoms with van der Waals surface area (Å²) < 4.78 is 7.14. The summed E-state index contributed by atoms with van der Waals surface area (Å²) in [6.45, 7) is 3.45. The van der Waals surface area contributed by atoms with Gasteiger partial charge in [-0.05, 0) is 35.7 Å². The van der Waals surface area contributed by atoms with Gasteiger partial charge >= 0.3 is 0 Å². The van der Waals surface area contributed by atoms with E-state index in [9.17, 15) is 4.79 Å². The molecule has 7 nitrogen and oxygen atoms in total. The number of anilines is 1. The quantitative estimate of drug-likeness (QED) is 0.816. The minimum Gasteiger partial charge on any atom is -0.368 e. The van der Waals surface area contributed by atoms with Crippen LogP contribution < -0.4 is 10.5 Å². The first-order valence-electron chi connectivity index (χ1n) is 6.83. The molecule has 1 fully saturated rings. The molecule has 2 aromatic heterocycles. The molecule has 1 unspecified atom stereocenters. The molecule has 0 amide bonds. The molecule has 0 N–H and O–H groups in total. The standard InChI is InChI=1S/C13H16BrN5O2/c1-8-16-12(21-17-8)9-4-3-5-19(7-9)10-6-15-18(2)13(20)11(10)14/h6,9H,3-5,7H2,1-2H3. The second-order valence-electron chi connectivity index (χ2n) is 5.24. The Hall–Kier alpha value is -1.70. The molecule has 8 heteroatoms. The van der Waals surface area contributed by atoms with Crippen LogP contribution in [0.1, 0.15) is 30.5 Å². The maximum absolute atomic E-state index is 12.0. The fraction of sp³-hybridized carbons (Fsp3) is 0.538. The van der Waals surface area contributed by atoms with Crippen molar-refractivity contribution in [3.8, 4) is 0 Å². The van der Waals surface area contributed by atoms with Crippen molar-refractivity contribution in [2.24, 2.45) is 7.05 Å². The fourth-order valence-corrected chi connectivity index (χ4v) is 3.21. The molecule has 1 atom stereocenters. The Morgan fingerprint density at radius 3 is 3.00 bits per heavy atom. The van der Waals surface area contributed by atoms with Crippen LogP contribution in [0.3, 0.4) is 0 Å². The highest BCUT2D eigenvalue weighted by molar-refractivity contribution is 9.10. The van der Waals surface area contributed by atoms with Crippen molar-refractivity contribution in [1.29, 1.82) is 0 Å². The van der Waals surface area contributed by atoms with Gasteiger partial charge in [-0.15, -0.1) is 0 Å². The first kappa shape index (κ1) is 14.2. The molecule has 3 heterocycles. The number of halogens is 1. The zero-order valence-corrected chi connectivity index (χ0v) is 13.5. The molecule has 0 radical (unpaired) electrons. The largest absolute Gasteiger partial charge is 0.368 e. The Kier molecular flexibility index (Phi) is 3.79. The predicted molar refractivity (Wildman–Crippen MR) is 80.4 cm³/mol. The van der Waals surface area contributed by atoms with Gasteiger partial charge in [0, 0.05) is 20.1 Å². The predicted octanol–water partition coefficient (Wildman–Crippen LogP) is 1.62. The van der Waals surface area contributed by atoms with Crippen LogP contribution in [-0.2, 0) is 7.05 Å². The van der Waals surface area contributed by atoms with Crippen LogP contribution in [0.5, 0.6) is 0 Å². The van der Waals surface area contributed by atoms with Crippen LogP contribution >= 0.6 is 15.9 Å². The Morgan fingerprint density at radius 2 is 2.29 bits per heavy atom. The van der Waals surface area contributed by atoms with Crippen LogP contribution in [0.15, 0.2) is 20.0 Å². The smallest absolute Gasteiger partial charge is 0.282 e. The van der Waals surface area contributed by atoms with Crippen molar-refractivity contribution in [2.75, 3.05) is 18.0 Å². The monoisotopic (exact) mass is 353 g/mol. The van der Waals surface area contributed by atoms with E-state index in [1.807, 2.05) is 6.92 Å². The second-order valence-corrected chi connectivity index (χ2v) is 6.03. The number of nitrogens with zero attached hydrogens (tertiary/aromatic N) is 5. The number of aromatic nitrogens is 4. The van der Waals surface area contributed by atoms with Crippen molar-refractivity contribution in [1.82, 2.24) is 19.9 Å². The molecule has 0 saturated carbocycles. The maximum Gasteiger partial charge on any atom is 0.282 e. The number of hydrogen-bond acceptors (Lipinski definition) is 6. The van der Waals surface area contributed by atoms with E-state index in [0.29, 0.717) is 16.2 Å². The molecule has 0 aromatic carbocycles. The van der Waals surface area contributed by atoms with Crippen LogP contribution in [-0.4, -0.2) is 33.0 Å². The van der Waals surface area contributed by atoms with Gasteiger partial charge in [0.1, 0.15) is 4.47 Å². The van der Waals surface area contributed by atoms with E-state index in [0.717, 1.165) is 31.6 Å². The Morgan fingerprint density at radius 1 is 1.48 bits per heavy atom. The van der Waals surface area contributed by atoms with Crippen LogP contribution in [0.25, 0.3) is 0 Å². The summed E-state index contributed by atoms with van der Waals surface area (Å²) in [6, 6.07) is 0. The van der Waals surface area contributed by atoms with E-state index in [4.69, 9.17) is 4.52 Å². The lowest BCUT2D eigenvalue weighted by Crippen LogP contribution is -2.36. The lowest BCUT2D eigenvalue weighted by Gasteiger charge is -2.33. The Bertz CT molecular complexity index is 711. The van der Waals surface area contributed by atoms with E-state index in [1.165, 1.54) is 4.68 Å². The normalized spacial score (nSPS) is 19.0. The molecule has 1 saturated heterocycles. The molecule has 1 aliphatic rings. The van der Waals surface area contributed by atoms with Gasteiger partial charge in [-0.1, -0.05) is 5.16 Å². The van der Waals surface area contributed by atoms with Crippen LogP contribution in [0, 0.1) is 6.92 Å². The molecule has 2 aromatic rings. The molecule has 3 rings (SSSR count). The lowest BCUT2D eigenvalue weighted by atomic mass is 9.97. The topological polar surface area (TPSA) is 77.0 Å². The van der Waals surface area contributed by atoms with Crippen molar-refractivity contribution < 1.29 is 4.52 Å². The minimum absolute atomic E-state index is 0.136. The van der Waals surface area contributed by atoms with Gasteiger partial charge in [-0.2, -0.15) is 10.1 Å². The highest BCUT2D eigenvalue weighted by atomic mass is 79.9. The van der Waals surface area contributed by atoms with Crippen LogP contribution in [0.4, 0.5) is 5.69 Å². The van der Waals surface area contributed by atoms with E-state index >= 15 is 0 Å². The summed E-state index contributed by atoms with van der Waals surface area (Å²) in [4.78, 5) is 18.4. The van der Waals surface area contributed by atoms with E-state index in [1.54, 1.807) is 13.2 Å². The third-order valence-corrected chi connectivity index (χ3v) is 4.46. The molecular formula is C13H16BrN5O2. The SMILES string of the molecule is Cc1noc(C2CCCN(c3cnn(C)c(=O)c3Br)C2)n1. The van der Waals surface area contributed by atoms with Gasteiger partial charge in [0.05, 0.1) is 17.8 Å². The van der Waals surface area contributed by atoms with E-state index in [-0.39, 0.29) is 11.5 Å². The molecule has 21 heavy (non-hydrogen) atoms. The van der Waals surface area contributed by atoms with Gasteiger partial charge in [0.2, 0.25) is 5.89 Å². The van der Waals surface area contributed by atoms with Crippen molar-refractivity contribution in [3.63, 3.8) is 0 Å². The summed E-state index contributed by atoms with van der Waals surface area (Å²) in [7, 11) is 1.64. The zero-order valence-electron chi connectivity index (χ0n) is 11.9. The van der Waals surface area contributed by atoms with Crippen molar-refractivity contribution in [3.05, 3.63) is 32.7 Å². The van der Waals surface area contributed by atoms with Crippen molar-refractivity contribution in [2.45, 2.75) is 25.7 Å². The number of piperidine rings is 1. The summed E-state index contributed by atoms with van der Waals surface area (Å²) in [6.07, 6.45) is 3.73. The summed E-state index contributed by atoms with van der Waals surface area (Å²) in [5.74, 6) is 1.51. The Labute approximate surface area is 130 Å². The first-order valence-corrected chi connectivity index (χ1v) is 7.62. The summed E-state index contributed by atoms with van der Waals surface area (Å²) in [5, 5.41) is 7.95. The molecule has 1 aliphatic heterocycles. The van der Waals surface area contributed by atoms with Gasteiger partial charge in [0.25, 0.3) is 5.56 Å². The molecule has 112 valence electrons. The minimum atomic E-state index is -0.136. The van der Waals surface area contributed by atoms with Gasteiger partial charge in [0.15, 0.2) is 5.82 Å². The number of hydrogen-bond donors (Lipinski definition) is 0. The lowest BCUT2D eigenvalue weighted by molar-refractivity contribution is 0.331. The van der Waals surface area contributed by atoms with Gasteiger partial charge in [-0.25, -0.2) is 4.68 Å². The second kappa shape index (κ2) is 5.59. The third-order valence-electron chi connectivity index (χ3n) is 3.71. The maximum atomic E-state index is 12.0. The molecule has 0 spiro atoms. The molecular weight excluding hydrogens is 338 g/mol. The average molecular weight is 354 g/mol. The molecule has 0 aliphatic carbocycles. The van der Waals surface area contributed by atoms with Crippen LogP contribution in [0.2, 0.25) is 0 Å². The van der Waals surface area contributed by atoms with Crippen molar-refractivity contribution >= 4 is 21.6 Å². The van der Waals surface area contributed by atoms with Gasteiger partial charge in [-0.3, -0.25) is 4.79 Å². The number of rotatable bonds is 2. The van der Waals surface area contributed by atoms with Gasteiger partial charge < -0.3 is 9.42 Å². The average Bonchev–Trinajstić information content (AvgIpc) is 2.92. The zero-order chi connectivity index (χ0) is 15.0. The first-order chi connectivity index (χ1) is 10.1. The number of aryl methyl sites for hydroxylation is 2. The fourth-order valence-electron chi connectivity index (χ4n) is 2.60. The van der Waals surface area contributed by atoms with E-state index < -0.39 is 0 Å². The Balaban J connectivity index is 1.87. The third kappa shape index (κ3) is 2.72. The highest BCUT2D eigenvalue weighted by Gasteiger charge is 2.27. The highest BCUT2D eigenvalue weighted by Crippen LogP contribution is 2.31. The molecule has 0 bridgehead atoms. The summed E-state index contributed by atoms with van der Waals surface area (Å²) >= 11 is 3.38. The van der Waals surface area contributed by atoms with E-state index in [2.05, 4.69) is 36.1 Å². The summed E-state index contributed by atoms with van der Waals surface area (Å²) in [5.41, 5.74) is 0.683.